The molecule has 0 N–H and O–H groups in total. The van der Waals surface area contributed by atoms with Gasteiger partial charge in [0.05, 0.1) is 6.61 Å². The van der Waals surface area contributed by atoms with Gasteiger partial charge in [0.25, 0.3) is 0 Å². The Morgan fingerprint density at radius 1 is 0.348 bits per heavy atom. The fraction of sp³-hybridized carbons (Fsp3) is 0.886. The van der Waals surface area contributed by atoms with E-state index >= 15 is 0 Å². The summed E-state index contributed by atoms with van der Waals surface area (Å²) in [6.45, 7) is 5.16. The van der Waals surface area contributed by atoms with Gasteiger partial charge in [0, 0.05) is 6.08 Å². The van der Waals surface area contributed by atoms with Crippen LogP contribution in [0.15, 0.2) is 24.3 Å². The average Bonchev–Trinajstić information content (AvgIpc) is 3.06. The van der Waals surface area contributed by atoms with Crippen LogP contribution in [0.4, 0.5) is 0 Å². The van der Waals surface area contributed by atoms with Crippen LogP contribution < -0.4 is 0 Å². The molecule has 2 heteroatoms. The third-order valence-electron chi connectivity index (χ3n) is 9.63. The summed E-state index contributed by atoms with van der Waals surface area (Å²) in [4.78, 5) is 11.9. The summed E-state index contributed by atoms with van der Waals surface area (Å²) in [5, 5.41) is 0. The molecule has 0 aliphatic rings. The molecule has 0 aromatic rings. The number of unbranched alkanes of at least 4 members (excludes halogenated alkanes) is 33. The van der Waals surface area contributed by atoms with E-state index in [2.05, 4.69) is 26.0 Å². The van der Waals surface area contributed by atoms with Crippen LogP contribution in [0.25, 0.3) is 0 Å². The molecule has 0 heterocycles. The van der Waals surface area contributed by atoms with Crippen LogP contribution >= 0.6 is 0 Å². The van der Waals surface area contributed by atoms with Crippen LogP contribution in [-0.2, 0) is 9.53 Å². The molecule has 0 aliphatic heterocycles. The summed E-state index contributed by atoms with van der Waals surface area (Å²) in [6, 6.07) is 0. The molecule has 2 nitrogen and oxygen atoms in total. The van der Waals surface area contributed by atoms with Crippen LogP contribution in [-0.4, -0.2) is 12.6 Å². The van der Waals surface area contributed by atoms with E-state index in [0.717, 1.165) is 12.8 Å². The quantitative estimate of drug-likeness (QED) is 0.0288. The molecule has 46 heavy (non-hydrogen) atoms. The molecule has 0 atom stereocenters. The fourth-order valence-electron chi connectivity index (χ4n) is 6.44. The zero-order valence-electron chi connectivity index (χ0n) is 31.8. The van der Waals surface area contributed by atoms with Crippen molar-refractivity contribution in [3.8, 4) is 0 Å². The van der Waals surface area contributed by atoms with Gasteiger partial charge in [-0.3, -0.25) is 0 Å². The number of allylic oxidation sites excluding steroid dienone is 3. The Labute approximate surface area is 290 Å². The van der Waals surface area contributed by atoms with E-state index in [1.807, 2.05) is 6.08 Å². The summed E-state index contributed by atoms with van der Waals surface area (Å²) in [5.74, 6) is -0.154. The maximum atomic E-state index is 11.9. The molecule has 0 fully saturated rings. The van der Waals surface area contributed by atoms with Gasteiger partial charge in [0.1, 0.15) is 0 Å². The van der Waals surface area contributed by atoms with E-state index in [1.165, 1.54) is 218 Å². The summed E-state index contributed by atoms with van der Waals surface area (Å²) >= 11 is 0. The highest BCUT2D eigenvalue weighted by atomic mass is 16.5. The predicted octanol–water partition coefficient (Wildman–Crippen LogP) is 15.7. The van der Waals surface area contributed by atoms with Crippen LogP contribution in [0.3, 0.4) is 0 Å². The van der Waals surface area contributed by atoms with Gasteiger partial charge >= 0.3 is 5.97 Å². The highest BCUT2D eigenvalue weighted by Gasteiger charge is 1.98. The highest BCUT2D eigenvalue weighted by molar-refractivity contribution is 5.81. The summed E-state index contributed by atoms with van der Waals surface area (Å²) < 4.78 is 5.38. The number of ether oxygens (including phenoxy) is 1. The third-order valence-corrected chi connectivity index (χ3v) is 9.63. The molecule has 0 saturated carbocycles. The molecule has 0 bridgehead atoms. The number of carbonyl (C=O) groups excluding carboxylic acids is 1. The molecular weight excluding hydrogens is 560 g/mol. The van der Waals surface area contributed by atoms with Crippen molar-refractivity contribution < 1.29 is 9.53 Å². The van der Waals surface area contributed by atoms with Gasteiger partial charge in [-0.25, -0.2) is 4.79 Å². The predicted molar refractivity (Wildman–Crippen MR) is 207 cm³/mol. The first-order chi connectivity index (χ1) is 22.8. The van der Waals surface area contributed by atoms with Crippen molar-refractivity contribution in [2.75, 3.05) is 6.61 Å². The Morgan fingerprint density at radius 3 is 0.935 bits per heavy atom. The van der Waals surface area contributed by atoms with Crippen molar-refractivity contribution in [2.24, 2.45) is 0 Å². The molecule has 0 spiro atoms. The van der Waals surface area contributed by atoms with Gasteiger partial charge in [-0.2, -0.15) is 0 Å². The molecule has 0 rings (SSSR count). The van der Waals surface area contributed by atoms with Crippen LogP contribution in [0.5, 0.6) is 0 Å². The minimum Gasteiger partial charge on any atom is -0.463 e. The molecule has 0 amide bonds. The number of hydrogen-bond donors (Lipinski definition) is 0. The Morgan fingerprint density at radius 2 is 0.609 bits per heavy atom. The molecule has 0 saturated heterocycles. The zero-order valence-corrected chi connectivity index (χ0v) is 31.8. The van der Waals surface area contributed by atoms with Crippen molar-refractivity contribution >= 4 is 5.97 Å². The lowest BCUT2D eigenvalue weighted by atomic mass is 10.0. The van der Waals surface area contributed by atoms with Crippen molar-refractivity contribution in [2.45, 2.75) is 245 Å². The Balaban J connectivity index is 3.23. The van der Waals surface area contributed by atoms with Gasteiger partial charge in [-0.05, 0) is 44.9 Å². The first kappa shape index (κ1) is 45.0. The smallest absolute Gasteiger partial charge is 0.330 e. The molecule has 0 aromatic carbocycles. The maximum Gasteiger partial charge on any atom is 0.330 e. The topological polar surface area (TPSA) is 26.3 Å². The maximum absolute atomic E-state index is 11.9. The fourth-order valence-corrected chi connectivity index (χ4v) is 6.44. The SMILES string of the molecule is CCCCCCCCC=CCCCCCCCCCCOC(=O)C=CCCCCCCCCCCCCCCCCCCCCC. The number of esters is 1. The van der Waals surface area contributed by atoms with E-state index in [9.17, 15) is 4.79 Å². The normalized spacial score (nSPS) is 11.8. The Kier molecular flexibility index (Phi) is 41.0. The molecule has 0 radical (unpaired) electrons. The largest absolute Gasteiger partial charge is 0.463 e. The first-order valence-electron chi connectivity index (χ1n) is 21.3. The van der Waals surface area contributed by atoms with E-state index in [-0.39, 0.29) is 5.97 Å². The minimum atomic E-state index is -0.154. The van der Waals surface area contributed by atoms with Crippen LogP contribution in [0.2, 0.25) is 0 Å². The lowest BCUT2D eigenvalue weighted by Gasteiger charge is -2.04. The molecule has 0 aromatic heterocycles. The highest BCUT2D eigenvalue weighted by Crippen LogP contribution is 2.15. The van der Waals surface area contributed by atoms with E-state index in [1.54, 1.807) is 6.08 Å². The Bertz CT molecular complexity index is 621. The molecule has 272 valence electrons. The van der Waals surface area contributed by atoms with E-state index in [0.29, 0.717) is 6.61 Å². The minimum absolute atomic E-state index is 0.154. The van der Waals surface area contributed by atoms with Crippen molar-refractivity contribution in [1.29, 1.82) is 0 Å². The van der Waals surface area contributed by atoms with Crippen LogP contribution in [0, 0.1) is 0 Å². The lowest BCUT2D eigenvalue weighted by Crippen LogP contribution is -2.02. The Hall–Kier alpha value is -1.05. The van der Waals surface area contributed by atoms with Crippen LogP contribution in [0.1, 0.15) is 245 Å². The number of hydrogen-bond acceptors (Lipinski definition) is 2. The van der Waals surface area contributed by atoms with Crippen molar-refractivity contribution in [3.63, 3.8) is 0 Å². The molecule has 0 unspecified atom stereocenters. The third kappa shape index (κ3) is 41.0. The van der Waals surface area contributed by atoms with Gasteiger partial charge in [-0.15, -0.1) is 0 Å². The second kappa shape index (κ2) is 42.0. The zero-order chi connectivity index (χ0) is 33.3. The van der Waals surface area contributed by atoms with Gasteiger partial charge in [0.15, 0.2) is 0 Å². The lowest BCUT2D eigenvalue weighted by molar-refractivity contribution is -0.137. The average molecular weight is 645 g/mol. The summed E-state index contributed by atoms with van der Waals surface area (Å²) in [7, 11) is 0. The van der Waals surface area contributed by atoms with Crippen molar-refractivity contribution in [3.05, 3.63) is 24.3 Å². The number of carbonyl (C=O) groups is 1. The number of rotatable bonds is 39. The second-order valence-electron chi connectivity index (χ2n) is 14.4. The molecule has 0 aliphatic carbocycles. The van der Waals surface area contributed by atoms with Gasteiger partial charge in [0.2, 0.25) is 0 Å². The van der Waals surface area contributed by atoms with Crippen molar-refractivity contribution in [1.82, 2.24) is 0 Å². The second-order valence-corrected chi connectivity index (χ2v) is 14.4. The summed E-state index contributed by atoms with van der Waals surface area (Å²) in [6.07, 6.45) is 57.4. The van der Waals surface area contributed by atoms with E-state index < -0.39 is 0 Å². The monoisotopic (exact) mass is 645 g/mol. The van der Waals surface area contributed by atoms with E-state index in [4.69, 9.17) is 4.74 Å². The molecular formula is C44H84O2. The standard InChI is InChI=1S/C44H84O2/c1-3-5-7-9-11-13-15-17-19-21-23-24-25-26-28-30-32-34-36-38-40-42-44(45)46-43-41-39-37-35-33-31-29-27-22-20-18-16-14-12-10-8-6-4-2/h18,20,40,42H,3-17,19,21-39,41,43H2,1-2H3. The van der Waals surface area contributed by atoms with Gasteiger partial charge < -0.3 is 4.74 Å². The summed E-state index contributed by atoms with van der Waals surface area (Å²) in [5.41, 5.74) is 0. The van der Waals surface area contributed by atoms with Gasteiger partial charge in [-0.1, -0.05) is 218 Å². The first-order valence-corrected chi connectivity index (χ1v) is 21.3.